The van der Waals surface area contributed by atoms with Crippen LogP contribution in [-0.2, 0) is 14.3 Å². The van der Waals surface area contributed by atoms with Gasteiger partial charge in [0.2, 0.25) is 5.91 Å². The highest BCUT2D eigenvalue weighted by atomic mass is 16.5. The van der Waals surface area contributed by atoms with Crippen molar-refractivity contribution in [3.05, 3.63) is 0 Å². The zero-order valence-electron chi connectivity index (χ0n) is 10.1. The molecule has 2 rings (SSSR count). The molecule has 1 N–H and O–H groups in total. The Morgan fingerprint density at radius 1 is 1.47 bits per heavy atom. The molecule has 1 atom stereocenters. The van der Waals surface area contributed by atoms with Crippen molar-refractivity contribution in [1.29, 1.82) is 0 Å². The Morgan fingerprint density at radius 2 is 2.18 bits per heavy atom. The first kappa shape index (κ1) is 12.4. The van der Waals surface area contributed by atoms with Gasteiger partial charge in [-0.05, 0) is 32.1 Å². The summed E-state index contributed by atoms with van der Waals surface area (Å²) < 4.78 is 5.32. The number of carbonyl (C=O) groups is 2. The van der Waals surface area contributed by atoms with Gasteiger partial charge >= 0.3 is 5.97 Å². The van der Waals surface area contributed by atoms with Crippen LogP contribution in [0, 0.1) is 11.3 Å². The van der Waals surface area contributed by atoms with Crippen LogP contribution in [0.4, 0.5) is 0 Å². The maximum atomic E-state index is 11.8. The lowest BCUT2D eigenvalue weighted by Crippen LogP contribution is -2.36. The fourth-order valence-corrected chi connectivity index (χ4v) is 2.04. The fraction of sp³-hybridized carbons (Fsp3) is 0.833. The van der Waals surface area contributed by atoms with Crippen molar-refractivity contribution in [2.45, 2.75) is 26.2 Å². The number of carboxylic acids is 1. The molecule has 1 saturated carbocycles. The molecule has 2 aliphatic rings. The highest BCUT2D eigenvalue weighted by Gasteiger charge is 2.42. The minimum absolute atomic E-state index is 0.0874. The van der Waals surface area contributed by atoms with Gasteiger partial charge in [0.15, 0.2) is 0 Å². The van der Waals surface area contributed by atoms with Crippen LogP contribution in [-0.4, -0.2) is 48.2 Å². The summed E-state index contributed by atoms with van der Waals surface area (Å²) in [6.45, 7) is 3.26. The smallest absolute Gasteiger partial charge is 0.311 e. The van der Waals surface area contributed by atoms with E-state index in [0.717, 1.165) is 0 Å². The quantitative estimate of drug-likeness (QED) is 0.770. The Balaban J connectivity index is 1.74. The van der Waals surface area contributed by atoms with Crippen molar-refractivity contribution in [2.24, 2.45) is 11.3 Å². The standard InChI is InChI=1S/C12H19NO4/c1-12(11(15)16)4-5-13(8-12)10(14)7-17-6-9-2-3-9/h9H,2-8H2,1H3,(H,15,16). The van der Waals surface area contributed by atoms with Crippen LogP contribution in [0.15, 0.2) is 0 Å². The summed E-state index contributed by atoms with van der Waals surface area (Å²) in [7, 11) is 0. The minimum Gasteiger partial charge on any atom is -0.481 e. The molecule has 1 unspecified atom stereocenters. The Kier molecular flexibility index (Phi) is 3.38. The van der Waals surface area contributed by atoms with Crippen LogP contribution in [0.5, 0.6) is 0 Å². The summed E-state index contributed by atoms with van der Waals surface area (Å²) in [6.07, 6.45) is 2.93. The summed E-state index contributed by atoms with van der Waals surface area (Å²) >= 11 is 0. The number of rotatable bonds is 5. The summed E-state index contributed by atoms with van der Waals surface area (Å²) in [5.74, 6) is -0.270. The lowest BCUT2D eigenvalue weighted by Gasteiger charge is -2.20. The van der Waals surface area contributed by atoms with Crippen molar-refractivity contribution < 1.29 is 19.4 Å². The Morgan fingerprint density at radius 3 is 2.71 bits per heavy atom. The second kappa shape index (κ2) is 4.64. The van der Waals surface area contributed by atoms with E-state index < -0.39 is 11.4 Å². The van der Waals surface area contributed by atoms with Crippen LogP contribution in [0.3, 0.4) is 0 Å². The van der Waals surface area contributed by atoms with Gasteiger partial charge < -0.3 is 14.7 Å². The van der Waals surface area contributed by atoms with E-state index in [1.54, 1.807) is 11.8 Å². The molecule has 0 aromatic rings. The zero-order chi connectivity index (χ0) is 12.5. The highest BCUT2D eigenvalue weighted by molar-refractivity contribution is 5.81. The minimum atomic E-state index is -0.827. The van der Waals surface area contributed by atoms with Crippen molar-refractivity contribution in [3.63, 3.8) is 0 Å². The van der Waals surface area contributed by atoms with E-state index in [0.29, 0.717) is 32.0 Å². The molecular weight excluding hydrogens is 222 g/mol. The monoisotopic (exact) mass is 241 g/mol. The number of nitrogens with zero attached hydrogens (tertiary/aromatic N) is 1. The first-order valence-corrected chi connectivity index (χ1v) is 6.10. The van der Waals surface area contributed by atoms with Crippen LogP contribution < -0.4 is 0 Å². The van der Waals surface area contributed by atoms with E-state index in [4.69, 9.17) is 9.84 Å². The first-order valence-electron chi connectivity index (χ1n) is 6.10. The van der Waals surface area contributed by atoms with Crippen LogP contribution in [0.2, 0.25) is 0 Å². The number of amides is 1. The maximum Gasteiger partial charge on any atom is 0.311 e. The van der Waals surface area contributed by atoms with Gasteiger partial charge in [-0.3, -0.25) is 9.59 Å². The van der Waals surface area contributed by atoms with Crippen molar-refractivity contribution in [2.75, 3.05) is 26.3 Å². The number of hydrogen-bond donors (Lipinski definition) is 1. The topological polar surface area (TPSA) is 66.8 Å². The van der Waals surface area contributed by atoms with Crippen LogP contribution in [0.25, 0.3) is 0 Å². The molecule has 5 heteroatoms. The molecule has 1 aliphatic heterocycles. The first-order chi connectivity index (χ1) is 8.01. The number of aliphatic carboxylic acids is 1. The van der Waals surface area contributed by atoms with Gasteiger partial charge in [-0.2, -0.15) is 0 Å². The molecule has 1 aliphatic carbocycles. The molecule has 1 amide bonds. The third kappa shape index (κ3) is 2.97. The highest BCUT2D eigenvalue weighted by Crippen LogP contribution is 2.30. The van der Waals surface area contributed by atoms with Gasteiger partial charge in [0.05, 0.1) is 12.0 Å². The van der Waals surface area contributed by atoms with Crippen molar-refractivity contribution >= 4 is 11.9 Å². The summed E-state index contributed by atoms with van der Waals surface area (Å²) in [6, 6.07) is 0. The van der Waals surface area contributed by atoms with Gasteiger partial charge in [-0.25, -0.2) is 0 Å². The molecular formula is C12H19NO4. The van der Waals surface area contributed by atoms with E-state index >= 15 is 0 Å². The van der Waals surface area contributed by atoms with Gasteiger partial charge in [-0.15, -0.1) is 0 Å². The molecule has 1 saturated heterocycles. The fourth-order valence-electron chi connectivity index (χ4n) is 2.04. The van der Waals surface area contributed by atoms with Gasteiger partial charge in [0, 0.05) is 13.1 Å². The molecule has 1 heterocycles. The third-order valence-corrected chi connectivity index (χ3v) is 3.62. The largest absolute Gasteiger partial charge is 0.481 e. The molecule has 2 fully saturated rings. The van der Waals surface area contributed by atoms with Gasteiger partial charge in [-0.1, -0.05) is 0 Å². The normalized spacial score (nSPS) is 28.4. The molecule has 17 heavy (non-hydrogen) atoms. The lowest BCUT2D eigenvalue weighted by molar-refractivity contribution is -0.147. The Bertz CT molecular complexity index is 326. The Labute approximate surface area is 101 Å². The molecule has 0 bridgehead atoms. The molecule has 5 nitrogen and oxygen atoms in total. The average Bonchev–Trinajstić information content (AvgIpc) is 3.00. The predicted molar refractivity (Wildman–Crippen MR) is 60.5 cm³/mol. The SMILES string of the molecule is CC1(C(=O)O)CCN(C(=O)COCC2CC2)C1. The third-order valence-electron chi connectivity index (χ3n) is 3.62. The number of hydrogen-bond acceptors (Lipinski definition) is 3. The molecule has 0 radical (unpaired) electrons. The second-order valence-electron chi connectivity index (χ2n) is 5.39. The number of likely N-dealkylation sites (tertiary alicyclic amines) is 1. The van der Waals surface area contributed by atoms with Crippen molar-refractivity contribution in [3.8, 4) is 0 Å². The van der Waals surface area contributed by atoms with Crippen molar-refractivity contribution in [1.82, 2.24) is 4.90 Å². The maximum absolute atomic E-state index is 11.8. The van der Waals surface area contributed by atoms with Crippen LogP contribution in [0.1, 0.15) is 26.2 Å². The number of carbonyl (C=O) groups excluding carboxylic acids is 1. The van der Waals surface area contributed by atoms with E-state index in [1.807, 2.05) is 0 Å². The second-order valence-corrected chi connectivity index (χ2v) is 5.39. The van der Waals surface area contributed by atoms with E-state index in [1.165, 1.54) is 12.8 Å². The van der Waals surface area contributed by atoms with Crippen LogP contribution >= 0.6 is 0 Å². The van der Waals surface area contributed by atoms with E-state index in [-0.39, 0.29) is 12.5 Å². The molecule has 0 aromatic heterocycles. The van der Waals surface area contributed by atoms with E-state index in [2.05, 4.69) is 0 Å². The number of carboxylic acid groups (broad SMARTS) is 1. The molecule has 0 spiro atoms. The van der Waals surface area contributed by atoms with E-state index in [9.17, 15) is 9.59 Å². The number of ether oxygens (including phenoxy) is 1. The summed E-state index contributed by atoms with van der Waals surface area (Å²) in [5.41, 5.74) is -0.786. The summed E-state index contributed by atoms with van der Waals surface area (Å²) in [4.78, 5) is 24.4. The molecule has 96 valence electrons. The zero-order valence-corrected chi connectivity index (χ0v) is 10.1. The summed E-state index contributed by atoms with van der Waals surface area (Å²) in [5, 5.41) is 9.06. The Hall–Kier alpha value is -1.10. The van der Waals surface area contributed by atoms with Gasteiger partial charge in [0.25, 0.3) is 0 Å². The predicted octanol–water partition coefficient (Wildman–Crippen LogP) is 0.736. The van der Waals surface area contributed by atoms with Gasteiger partial charge in [0.1, 0.15) is 6.61 Å². The molecule has 0 aromatic carbocycles. The average molecular weight is 241 g/mol. The lowest BCUT2D eigenvalue weighted by atomic mass is 9.90.